The first kappa shape index (κ1) is 14.3. The van der Waals surface area contributed by atoms with E-state index < -0.39 is 0 Å². The van der Waals surface area contributed by atoms with E-state index in [1.54, 1.807) is 0 Å². The number of nitrogens with one attached hydrogen (secondary N) is 1. The second-order valence-corrected chi connectivity index (χ2v) is 6.19. The number of aryl methyl sites for hydroxylation is 2. The largest absolute Gasteiger partial charge is 0.316 e. The molecule has 0 spiro atoms. The normalized spacial score (nSPS) is 18.7. The first-order valence-electron chi connectivity index (χ1n) is 7.95. The molecular formula is C19H24N2. The van der Waals surface area contributed by atoms with E-state index >= 15 is 0 Å². The summed E-state index contributed by atoms with van der Waals surface area (Å²) in [6, 6.07) is 13.2. The first-order chi connectivity index (χ1) is 10.2. The summed E-state index contributed by atoms with van der Waals surface area (Å²) in [5, 5.41) is 3.49. The maximum atomic E-state index is 4.78. The van der Waals surface area contributed by atoms with Crippen molar-refractivity contribution in [3.05, 3.63) is 64.5 Å². The van der Waals surface area contributed by atoms with E-state index in [1.165, 1.54) is 35.2 Å². The number of pyridine rings is 1. The van der Waals surface area contributed by atoms with Gasteiger partial charge in [0.15, 0.2) is 0 Å². The van der Waals surface area contributed by atoms with Crippen LogP contribution < -0.4 is 5.32 Å². The van der Waals surface area contributed by atoms with Gasteiger partial charge in [-0.15, -0.1) is 0 Å². The van der Waals surface area contributed by atoms with Crippen molar-refractivity contribution in [3.8, 4) is 0 Å². The lowest BCUT2D eigenvalue weighted by atomic mass is 9.93. The Morgan fingerprint density at radius 3 is 2.81 bits per heavy atom. The first-order valence-corrected chi connectivity index (χ1v) is 7.95. The van der Waals surface area contributed by atoms with E-state index in [-0.39, 0.29) is 0 Å². The summed E-state index contributed by atoms with van der Waals surface area (Å²) >= 11 is 0. The van der Waals surface area contributed by atoms with Gasteiger partial charge < -0.3 is 5.32 Å². The van der Waals surface area contributed by atoms with Crippen LogP contribution in [-0.2, 0) is 6.42 Å². The Morgan fingerprint density at radius 1 is 1.19 bits per heavy atom. The van der Waals surface area contributed by atoms with Crippen molar-refractivity contribution in [2.75, 3.05) is 13.1 Å². The van der Waals surface area contributed by atoms with Gasteiger partial charge in [-0.2, -0.15) is 0 Å². The van der Waals surface area contributed by atoms with Crippen LogP contribution >= 0.6 is 0 Å². The molecule has 0 radical (unpaired) electrons. The summed E-state index contributed by atoms with van der Waals surface area (Å²) in [5.74, 6) is 0.578. The Bertz CT molecular complexity index is 613. The number of rotatable bonds is 3. The summed E-state index contributed by atoms with van der Waals surface area (Å²) < 4.78 is 0. The molecule has 2 nitrogen and oxygen atoms in total. The topological polar surface area (TPSA) is 24.9 Å². The molecule has 1 fully saturated rings. The highest BCUT2D eigenvalue weighted by Gasteiger charge is 2.17. The number of hydrogen-bond acceptors (Lipinski definition) is 2. The predicted molar refractivity (Wildman–Crippen MR) is 87.8 cm³/mol. The van der Waals surface area contributed by atoms with Gasteiger partial charge in [-0.05, 0) is 68.5 Å². The number of nitrogens with zero attached hydrogens (tertiary/aromatic N) is 1. The molecule has 1 N–H and O–H groups in total. The fraction of sp³-hybridized carbons (Fsp3) is 0.421. The lowest BCUT2D eigenvalue weighted by molar-refractivity contribution is 0.454. The van der Waals surface area contributed by atoms with Crippen molar-refractivity contribution < 1.29 is 0 Å². The molecule has 1 aromatic carbocycles. The molecule has 0 amide bonds. The van der Waals surface area contributed by atoms with Crippen LogP contribution in [0.25, 0.3) is 0 Å². The van der Waals surface area contributed by atoms with Gasteiger partial charge in [0.1, 0.15) is 0 Å². The zero-order valence-electron chi connectivity index (χ0n) is 13.0. The molecule has 1 aliphatic heterocycles. The highest BCUT2D eigenvalue weighted by molar-refractivity contribution is 5.33. The second-order valence-electron chi connectivity index (χ2n) is 6.19. The Morgan fingerprint density at radius 2 is 2.05 bits per heavy atom. The third-order valence-corrected chi connectivity index (χ3v) is 4.40. The average Bonchev–Trinajstić information content (AvgIpc) is 2.50. The Balaban J connectivity index is 1.85. The fourth-order valence-corrected chi connectivity index (χ4v) is 3.21. The molecule has 0 bridgehead atoms. The molecule has 2 heteroatoms. The SMILES string of the molecule is Cc1cc(Cc2ccccc2C)cc([C@H]2CCCNC2)n1. The molecule has 110 valence electrons. The maximum absolute atomic E-state index is 4.78. The number of hydrogen-bond donors (Lipinski definition) is 1. The second kappa shape index (κ2) is 6.40. The monoisotopic (exact) mass is 280 g/mol. The van der Waals surface area contributed by atoms with E-state index in [1.807, 2.05) is 0 Å². The number of benzene rings is 1. The van der Waals surface area contributed by atoms with Crippen LogP contribution in [-0.4, -0.2) is 18.1 Å². The minimum Gasteiger partial charge on any atom is -0.316 e. The van der Waals surface area contributed by atoms with Crippen LogP contribution in [0.2, 0.25) is 0 Å². The van der Waals surface area contributed by atoms with Gasteiger partial charge in [0, 0.05) is 23.9 Å². The third kappa shape index (κ3) is 3.51. The molecule has 1 aromatic heterocycles. The predicted octanol–water partition coefficient (Wildman–Crippen LogP) is 3.76. The van der Waals surface area contributed by atoms with Crippen molar-refractivity contribution in [2.24, 2.45) is 0 Å². The molecule has 0 saturated carbocycles. The molecule has 2 heterocycles. The van der Waals surface area contributed by atoms with Gasteiger partial charge in [0.05, 0.1) is 0 Å². The molecule has 3 rings (SSSR count). The molecule has 0 aliphatic carbocycles. The smallest absolute Gasteiger partial charge is 0.0453 e. The summed E-state index contributed by atoms with van der Waals surface area (Å²) in [6.07, 6.45) is 3.52. The minimum absolute atomic E-state index is 0.578. The fourth-order valence-electron chi connectivity index (χ4n) is 3.21. The van der Waals surface area contributed by atoms with Crippen molar-refractivity contribution >= 4 is 0 Å². The van der Waals surface area contributed by atoms with Crippen molar-refractivity contribution in [3.63, 3.8) is 0 Å². The molecule has 0 unspecified atom stereocenters. The van der Waals surface area contributed by atoms with Gasteiger partial charge in [0.25, 0.3) is 0 Å². The quantitative estimate of drug-likeness (QED) is 0.926. The lowest BCUT2D eigenvalue weighted by Gasteiger charge is -2.23. The standard InChI is InChI=1S/C19H24N2/c1-14-6-3-4-7-17(14)11-16-10-15(2)21-19(12-16)18-8-5-9-20-13-18/h3-4,6-7,10,12,18,20H,5,8-9,11,13H2,1-2H3/t18-/m0/s1. The highest BCUT2D eigenvalue weighted by Crippen LogP contribution is 2.24. The molecule has 2 aromatic rings. The van der Waals surface area contributed by atoms with Gasteiger partial charge in [-0.25, -0.2) is 0 Å². The summed E-state index contributed by atoms with van der Waals surface area (Å²) in [5.41, 5.74) is 6.58. The van der Waals surface area contributed by atoms with Crippen LogP contribution in [0.4, 0.5) is 0 Å². The van der Waals surface area contributed by atoms with Gasteiger partial charge >= 0.3 is 0 Å². The average molecular weight is 280 g/mol. The Labute approximate surface area is 127 Å². The van der Waals surface area contributed by atoms with E-state index in [2.05, 4.69) is 55.6 Å². The summed E-state index contributed by atoms with van der Waals surface area (Å²) in [4.78, 5) is 4.78. The van der Waals surface area contributed by atoms with Crippen LogP contribution in [0, 0.1) is 13.8 Å². The van der Waals surface area contributed by atoms with Gasteiger partial charge in [-0.1, -0.05) is 24.3 Å². The van der Waals surface area contributed by atoms with Crippen LogP contribution in [0.1, 0.15) is 46.8 Å². The van der Waals surface area contributed by atoms with Gasteiger partial charge in [0.2, 0.25) is 0 Å². The van der Waals surface area contributed by atoms with E-state index in [0.717, 1.165) is 25.2 Å². The molecular weight excluding hydrogens is 256 g/mol. The van der Waals surface area contributed by atoms with Crippen molar-refractivity contribution in [2.45, 2.75) is 39.0 Å². The molecule has 1 aliphatic rings. The highest BCUT2D eigenvalue weighted by atomic mass is 14.9. The summed E-state index contributed by atoms with van der Waals surface area (Å²) in [7, 11) is 0. The molecule has 1 saturated heterocycles. The van der Waals surface area contributed by atoms with Crippen LogP contribution in [0.5, 0.6) is 0 Å². The summed E-state index contributed by atoms with van der Waals surface area (Å²) in [6.45, 7) is 6.52. The van der Waals surface area contributed by atoms with Gasteiger partial charge in [-0.3, -0.25) is 4.98 Å². The minimum atomic E-state index is 0.578. The zero-order valence-corrected chi connectivity index (χ0v) is 13.0. The van der Waals surface area contributed by atoms with Crippen LogP contribution in [0.3, 0.4) is 0 Å². The van der Waals surface area contributed by atoms with Crippen LogP contribution in [0.15, 0.2) is 36.4 Å². The van der Waals surface area contributed by atoms with E-state index in [0.29, 0.717) is 5.92 Å². The molecule has 21 heavy (non-hydrogen) atoms. The lowest BCUT2D eigenvalue weighted by Crippen LogP contribution is -2.29. The molecule has 1 atom stereocenters. The maximum Gasteiger partial charge on any atom is 0.0453 e. The number of piperidine rings is 1. The zero-order chi connectivity index (χ0) is 14.7. The third-order valence-electron chi connectivity index (χ3n) is 4.40. The Hall–Kier alpha value is -1.67. The van der Waals surface area contributed by atoms with Crippen molar-refractivity contribution in [1.82, 2.24) is 10.3 Å². The van der Waals surface area contributed by atoms with E-state index in [4.69, 9.17) is 4.98 Å². The number of aromatic nitrogens is 1. The van der Waals surface area contributed by atoms with E-state index in [9.17, 15) is 0 Å². The Kier molecular flexibility index (Phi) is 4.35. The van der Waals surface area contributed by atoms with Crippen molar-refractivity contribution in [1.29, 1.82) is 0 Å².